The fourth-order valence-electron chi connectivity index (χ4n) is 5.85. The summed E-state index contributed by atoms with van der Waals surface area (Å²) in [5.41, 5.74) is 1.13. The molecule has 5 rings (SSSR count). The summed E-state index contributed by atoms with van der Waals surface area (Å²) in [6.07, 6.45) is 2.31. The topological polar surface area (TPSA) is 69.7 Å². The second kappa shape index (κ2) is 8.26. The molecule has 2 aromatic rings. The first-order valence-electron chi connectivity index (χ1n) is 11.7. The summed E-state index contributed by atoms with van der Waals surface area (Å²) in [6.45, 7) is 4.74. The summed E-state index contributed by atoms with van der Waals surface area (Å²) in [5.74, 6) is -1.84. The quantitative estimate of drug-likeness (QED) is 0.657. The van der Waals surface area contributed by atoms with E-state index in [1.54, 1.807) is 11.0 Å². The van der Waals surface area contributed by atoms with Crippen LogP contribution in [0.1, 0.15) is 44.2 Å². The van der Waals surface area contributed by atoms with Gasteiger partial charge in [-0.15, -0.1) is 0 Å². The lowest BCUT2D eigenvalue weighted by molar-refractivity contribution is -0.143. The number of nitrogens with one attached hydrogen (secondary N) is 1. The summed E-state index contributed by atoms with van der Waals surface area (Å²) in [5, 5.41) is 4.09. The van der Waals surface area contributed by atoms with Crippen molar-refractivity contribution in [3.63, 3.8) is 0 Å². The van der Waals surface area contributed by atoms with Crippen LogP contribution in [0, 0.1) is 11.8 Å². The maximum atomic E-state index is 14.2. The van der Waals surface area contributed by atoms with E-state index < -0.39 is 17.4 Å². The molecule has 3 amide bonds. The molecule has 1 spiro atoms. The highest BCUT2D eigenvalue weighted by Crippen LogP contribution is 2.55. The van der Waals surface area contributed by atoms with E-state index in [9.17, 15) is 14.4 Å². The van der Waals surface area contributed by atoms with E-state index in [-0.39, 0.29) is 23.8 Å². The maximum Gasteiger partial charge on any atom is 0.253 e. The lowest BCUT2D eigenvalue weighted by atomic mass is 9.76. The first-order valence-corrected chi connectivity index (χ1v) is 12.1. The number of benzene rings is 2. The second-order valence-electron chi connectivity index (χ2n) is 9.15. The average molecular weight is 466 g/mol. The zero-order valence-corrected chi connectivity index (χ0v) is 19.6. The van der Waals surface area contributed by atoms with Crippen molar-refractivity contribution in [2.45, 2.75) is 51.2 Å². The minimum atomic E-state index is -1.24. The van der Waals surface area contributed by atoms with Crippen molar-refractivity contribution in [1.29, 1.82) is 0 Å². The van der Waals surface area contributed by atoms with Crippen LogP contribution in [0.5, 0.6) is 0 Å². The smallest absolute Gasteiger partial charge is 0.253 e. The van der Waals surface area contributed by atoms with Gasteiger partial charge in [0.2, 0.25) is 11.8 Å². The fraction of sp³-hybridized carbons (Fsp3) is 0.423. The summed E-state index contributed by atoms with van der Waals surface area (Å²) in [7, 11) is 0. The molecule has 3 aliphatic rings. The number of para-hydroxylation sites is 1. The highest BCUT2D eigenvalue weighted by Gasteiger charge is 2.71. The molecule has 172 valence electrons. The molecule has 7 heteroatoms. The molecule has 0 aliphatic carbocycles. The fourth-order valence-corrected chi connectivity index (χ4v) is 6.05. The number of likely N-dealkylation sites (tertiary alicyclic amines) is 1. The summed E-state index contributed by atoms with van der Waals surface area (Å²) >= 11 is 6.41. The Balaban J connectivity index is 1.61. The van der Waals surface area contributed by atoms with Gasteiger partial charge >= 0.3 is 0 Å². The Morgan fingerprint density at radius 2 is 1.70 bits per heavy atom. The number of amides is 3. The third kappa shape index (κ3) is 3.07. The van der Waals surface area contributed by atoms with Crippen LogP contribution in [0.2, 0.25) is 5.02 Å². The third-order valence-corrected chi connectivity index (χ3v) is 7.79. The van der Waals surface area contributed by atoms with Crippen LogP contribution in [-0.4, -0.2) is 35.2 Å². The zero-order chi connectivity index (χ0) is 23.3. The Morgan fingerprint density at radius 3 is 2.42 bits per heavy atom. The van der Waals surface area contributed by atoms with Crippen molar-refractivity contribution in [3.05, 3.63) is 64.7 Å². The summed E-state index contributed by atoms with van der Waals surface area (Å²) in [6, 6.07) is 14.8. The van der Waals surface area contributed by atoms with E-state index in [1.165, 1.54) is 4.90 Å². The first kappa shape index (κ1) is 22.1. The zero-order valence-electron chi connectivity index (χ0n) is 18.9. The minimum Gasteiger partial charge on any atom is -0.306 e. The van der Waals surface area contributed by atoms with Gasteiger partial charge < -0.3 is 4.90 Å². The van der Waals surface area contributed by atoms with Crippen molar-refractivity contribution in [1.82, 2.24) is 10.2 Å². The van der Waals surface area contributed by atoms with Gasteiger partial charge in [0.15, 0.2) is 0 Å². The highest BCUT2D eigenvalue weighted by atomic mass is 35.5. The molecule has 2 fully saturated rings. The Kier molecular flexibility index (Phi) is 5.53. The lowest BCUT2D eigenvalue weighted by Crippen LogP contribution is -2.55. The van der Waals surface area contributed by atoms with Gasteiger partial charge in [-0.25, -0.2) is 0 Å². The van der Waals surface area contributed by atoms with Gasteiger partial charge in [-0.05, 0) is 30.5 Å². The van der Waals surface area contributed by atoms with Gasteiger partial charge in [0.25, 0.3) is 5.91 Å². The monoisotopic (exact) mass is 465 g/mol. The second-order valence-corrected chi connectivity index (χ2v) is 9.56. The van der Waals surface area contributed by atoms with Crippen LogP contribution < -0.4 is 10.2 Å². The van der Waals surface area contributed by atoms with Crippen molar-refractivity contribution >= 4 is 35.0 Å². The third-order valence-electron chi connectivity index (χ3n) is 7.42. The predicted octanol–water partition coefficient (Wildman–Crippen LogP) is 3.87. The standard InChI is InChI=1S/C26H28ClN3O3/c1-3-5-14-29-23(31)21-19(4-2)28-26(22(21)24(29)32)17-11-7-9-13-20(17)30(25(26)33)15-16-10-6-8-12-18(16)27/h6-13,19,21-22,28H,3-5,14-15H2,1-2H3/t19-,21+,22-,26+/m0/s1. The summed E-state index contributed by atoms with van der Waals surface area (Å²) in [4.78, 5) is 44.4. The van der Waals surface area contributed by atoms with E-state index in [4.69, 9.17) is 11.6 Å². The number of fused-ring (bicyclic) bond motifs is 4. The van der Waals surface area contributed by atoms with Gasteiger partial charge in [0.05, 0.1) is 18.4 Å². The van der Waals surface area contributed by atoms with Crippen molar-refractivity contribution in [3.8, 4) is 0 Å². The molecule has 0 saturated carbocycles. The molecule has 3 aliphatic heterocycles. The van der Waals surface area contributed by atoms with Crippen LogP contribution in [0.3, 0.4) is 0 Å². The lowest BCUT2D eigenvalue weighted by Gasteiger charge is -2.30. The maximum absolute atomic E-state index is 14.2. The predicted molar refractivity (Wildman–Crippen MR) is 127 cm³/mol. The molecule has 6 nitrogen and oxygen atoms in total. The van der Waals surface area contributed by atoms with Gasteiger partial charge in [0, 0.05) is 28.9 Å². The van der Waals surface area contributed by atoms with Crippen molar-refractivity contribution in [2.75, 3.05) is 11.4 Å². The highest BCUT2D eigenvalue weighted by molar-refractivity contribution is 6.31. The number of hydrogen-bond acceptors (Lipinski definition) is 4. The Bertz CT molecular complexity index is 1140. The molecule has 0 unspecified atom stereocenters. The van der Waals surface area contributed by atoms with E-state index in [0.29, 0.717) is 24.5 Å². The number of nitrogens with zero attached hydrogens (tertiary/aromatic N) is 2. The van der Waals surface area contributed by atoms with Crippen molar-refractivity contribution in [2.24, 2.45) is 11.8 Å². The molecule has 0 radical (unpaired) electrons. The number of carbonyl (C=O) groups is 3. The Hall–Kier alpha value is -2.70. The Labute approximate surface area is 198 Å². The largest absolute Gasteiger partial charge is 0.306 e. The normalized spacial score (nSPS) is 28.2. The van der Waals surface area contributed by atoms with E-state index in [0.717, 1.165) is 29.7 Å². The average Bonchev–Trinajstić information content (AvgIpc) is 3.38. The molecule has 33 heavy (non-hydrogen) atoms. The van der Waals surface area contributed by atoms with Gasteiger partial charge in [-0.1, -0.05) is 68.3 Å². The van der Waals surface area contributed by atoms with E-state index in [2.05, 4.69) is 5.32 Å². The molecular formula is C26H28ClN3O3. The molecule has 4 atom stereocenters. The molecule has 0 aromatic heterocycles. The van der Waals surface area contributed by atoms with Gasteiger partial charge in [-0.3, -0.25) is 24.6 Å². The van der Waals surface area contributed by atoms with Crippen LogP contribution >= 0.6 is 11.6 Å². The van der Waals surface area contributed by atoms with Gasteiger partial charge in [-0.2, -0.15) is 0 Å². The first-order chi connectivity index (χ1) is 16.0. The number of imide groups is 1. The number of anilines is 1. The van der Waals surface area contributed by atoms with Crippen molar-refractivity contribution < 1.29 is 14.4 Å². The molecule has 2 aromatic carbocycles. The van der Waals surface area contributed by atoms with Crippen LogP contribution in [-0.2, 0) is 26.5 Å². The minimum absolute atomic E-state index is 0.149. The number of hydrogen-bond donors (Lipinski definition) is 1. The number of rotatable bonds is 6. The SMILES string of the molecule is CCCCN1C(=O)[C@@H]2[C@H](CC)N[C@@]3(C(=O)N(Cc4ccccc4Cl)c4ccccc43)[C@@H]2C1=O. The number of halogens is 1. The van der Waals surface area contributed by atoms with Gasteiger partial charge in [0.1, 0.15) is 5.54 Å². The van der Waals surface area contributed by atoms with E-state index >= 15 is 0 Å². The molecule has 1 N–H and O–H groups in total. The van der Waals surface area contributed by atoms with E-state index in [1.807, 2.05) is 56.3 Å². The molecule has 0 bridgehead atoms. The molecular weight excluding hydrogens is 438 g/mol. The Morgan fingerprint density at radius 1 is 0.970 bits per heavy atom. The molecule has 3 heterocycles. The van der Waals surface area contributed by atoms with Crippen LogP contribution in [0.15, 0.2) is 48.5 Å². The number of unbranched alkanes of at least 4 members (excludes halogenated alkanes) is 1. The summed E-state index contributed by atoms with van der Waals surface area (Å²) < 4.78 is 0. The number of carbonyl (C=O) groups excluding carboxylic acids is 3. The molecule has 2 saturated heterocycles. The van der Waals surface area contributed by atoms with Crippen LogP contribution in [0.25, 0.3) is 0 Å². The van der Waals surface area contributed by atoms with Crippen LogP contribution in [0.4, 0.5) is 5.69 Å².